The second-order valence-corrected chi connectivity index (χ2v) is 7.53. The predicted molar refractivity (Wildman–Crippen MR) is 111 cm³/mol. The summed E-state index contributed by atoms with van der Waals surface area (Å²) in [5.41, 5.74) is 3.02. The number of carboxylic acid groups (broad SMARTS) is 1. The first kappa shape index (κ1) is 21.4. The van der Waals surface area contributed by atoms with E-state index in [4.69, 9.17) is 19.3 Å². The molecule has 1 N–H and O–H groups in total. The van der Waals surface area contributed by atoms with E-state index in [0.717, 1.165) is 28.5 Å². The van der Waals surface area contributed by atoms with Crippen molar-refractivity contribution in [3.05, 3.63) is 59.2 Å². The molecule has 5 heteroatoms. The van der Waals surface area contributed by atoms with Crippen LogP contribution in [0.4, 0.5) is 0 Å². The van der Waals surface area contributed by atoms with E-state index in [-0.39, 0.29) is 5.41 Å². The number of rotatable bonds is 8. The van der Waals surface area contributed by atoms with Gasteiger partial charge in [0, 0.05) is 6.08 Å². The second kappa shape index (κ2) is 9.31. The third-order valence-corrected chi connectivity index (χ3v) is 4.15. The molecule has 0 radical (unpaired) electrons. The lowest BCUT2D eigenvalue weighted by Gasteiger charge is -2.23. The van der Waals surface area contributed by atoms with Crippen LogP contribution >= 0.6 is 0 Å². The molecule has 0 aromatic heterocycles. The van der Waals surface area contributed by atoms with Gasteiger partial charge in [-0.05, 0) is 53.3 Å². The first-order chi connectivity index (χ1) is 13.2. The highest BCUT2D eigenvalue weighted by atomic mass is 16.5. The van der Waals surface area contributed by atoms with E-state index in [0.29, 0.717) is 24.7 Å². The van der Waals surface area contributed by atoms with Crippen LogP contribution in [0.15, 0.2) is 42.5 Å². The monoisotopic (exact) mass is 384 g/mol. The Hall–Kier alpha value is -2.95. The van der Waals surface area contributed by atoms with Crippen molar-refractivity contribution >= 4 is 12.0 Å². The zero-order chi connectivity index (χ0) is 20.7. The average molecular weight is 384 g/mol. The lowest BCUT2D eigenvalue weighted by atomic mass is 9.86. The van der Waals surface area contributed by atoms with Gasteiger partial charge in [0.15, 0.2) is 11.5 Å². The summed E-state index contributed by atoms with van der Waals surface area (Å²) in [5.74, 6) is 0.997. The minimum atomic E-state index is -0.998. The molecular formula is C23H28O5. The fourth-order valence-electron chi connectivity index (χ4n) is 2.75. The van der Waals surface area contributed by atoms with Crippen molar-refractivity contribution in [2.75, 3.05) is 20.3 Å². The van der Waals surface area contributed by atoms with Gasteiger partial charge in [0.1, 0.15) is 19.0 Å². The van der Waals surface area contributed by atoms with Crippen LogP contribution in [-0.4, -0.2) is 31.4 Å². The topological polar surface area (TPSA) is 65.0 Å². The van der Waals surface area contributed by atoms with Crippen LogP contribution in [0.3, 0.4) is 0 Å². The summed E-state index contributed by atoms with van der Waals surface area (Å²) in [6, 6.07) is 11.5. The van der Waals surface area contributed by atoms with Crippen molar-refractivity contribution < 1.29 is 24.1 Å². The van der Waals surface area contributed by atoms with E-state index in [1.54, 1.807) is 25.3 Å². The first-order valence-corrected chi connectivity index (χ1v) is 9.16. The van der Waals surface area contributed by atoms with Crippen molar-refractivity contribution in [1.82, 2.24) is 0 Å². The molecule has 0 aliphatic carbocycles. The van der Waals surface area contributed by atoms with Gasteiger partial charge in [0.25, 0.3) is 0 Å². The van der Waals surface area contributed by atoms with Crippen LogP contribution in [0.2, 0.25) is 0 Å². The number of hydrogen-bond donors (Lipinski definition) is 1. The Kier molecular flexibility index (Phi) is 7.10. The Bertz CT molecular complexity index is 847. The molecule has 0 bridgehead atoms. The molecule has 2 aromatic carbocycles. The molecule has 28 heavy (non-hydrogen) atoms. The molecule has 150 valence electrons. The number of aryl methyl sites for hydroxylation is 1. The summed E-state index contributed by atoms with van der Waals surface area (Å²) in [6.07, 6.45) is 2.58. The molecule has 0 saturated heterocycles. The lowest BCUT2D eigenvalue weighted by Crippen LogP contribution is -2.16. The molecule has 0 atom stereocenters. The Balaban J connectivity index is 2.01. The van der Waals surface area contributed by atoms with Crippen molar-refractivity contribution in [1.29, 1.82) is 0 Å². The van der Waals surface area contributed by atoms with Gasteiger partial charge in [-0.15, -0.1) is 0 Å². The number of carbonyl (C=O) groups is 1. The molecule has 2 rings (SSSR count). The zero-order valence-electron chi connectivity index (χ0n) is 17.1. The van der Waals surface area contributed by atoms with E-state index in [1.807, 2.05) is 13.0 Å². The molecule has 0 spiro atoms. The van der Waals surface area contributed by atoms with Gasteiger partial charge < -0.3 is 19.3 Å². The fraction of sp³-hybridized carbons (Fsp3) is 0.348. The maximum atomic E-state index is 10.6. The number of hydrogen-bond acceptors (Lipinski definition) is 4. The van der Waals surface area contributed by atoms with Gasteiger partial charge in [-0.3, -0.25) is 0 Å². The van der Waals surface area contributed by atoms with Gasteiger partial charge in [0.2, 0.25) is 0 Å². The van der Waals surface area contributed by atoms with Gasteiger partial charge in [-0.25, -0.2) is 4.79 Å². The van der Waals surface area contributed by atoms with Crippen molar-refractivity contribution in [2.45, 2.75) is 33.1 Å². The third kappa shape index (κ3) is 6.05. The van der Waals surface area contributed by atoms with Crippen LogP contribution in [0, 0.1) is 6.92 Å². The Morgan fingerprint density at radius 1 is 1.00 bits per heavy atom. The molecule has 0 heterocycles. The molecule has 0 fully saturated rings. The summed E-state index contributed by atoms with van der Waals surface area (Å²) in [5, 5.41) is 8.72. The molecule has 0 amide bonds. The molecule has 0 unspecified atom stereocenters. The van der Waals surface area contributed by atoms with Crippen molar-refractivity contribution in [3.63, 3.8) is 0 Å². The number of benzene rings is 2. The normalized spacial score (nSPS) is 11.5. The van der Waals surface area contributed by atoms with Crippen molar-refractivity contribution in [3.8, 4) is 17.2 Å². The largest absolute Gasteiger partial charge is 0.493 e. The standard InChI is InChI=1S/C23H28O5/c1-16-6-9-18(23(2,3)4)20(14-16)28-13-12-27-19-10-7-17(8-11-22(24)25)15-21(19)26-5/h6-11,14-15H,12-13H2,1-5H3,(H,24,25)/b11-8+. The fourth-order valence-corrected chi connectivity index (χ4v) is 2.75. The highest BCUT2D eigenvalue weighted by Crippen LogP contribution is 2.32. The second-order valence-electron chi connectivity index (χ2n) is 7.53. The molecule has 0 aliphatic rings. The smallest absolute Gasteiger partial charge is 0.328 e. The van der Waals surface area contributed by atoms with Gasteiger partial charge >= 0.3 is 5.97 Å². The highest BCUT2D eigenvalue weighted by molar-refractivity contribution is 5.85. The Morgan fingerprint density at radius 2 is 1.68 bits per heavy atom. The SMILES string of the molecule is COc1cc(/C=C/C(=O)O)ccc1OCCOc1cc(C)ccc1C(C)(C)C. The molecule has 5 nitrogen and oxygen atoms in total. The summed E-state index contributed by atoms with van der Waals surface area (Å²) in [4.78, 5) is 10.6. The van der Waals surface area contributed by atoms with Gasteiger partial charge in [-0.2, -0.15) is 0 Å². The van der Waals surface area contributed by atoms with Crippen LogP contribution in [0.5, 0.6) is 17.2 Å². The molecule has 2 aromatic rings. The lowest BCUT2D eigenvalue weighted by molar-refractivity contribution is -0.131. The summed E-state index contributed by atoms with van der Waals surface area (Å²) >= 11 is 0. The maximum absolute atomic E-state index is 10.6. The number of aliphatic carboxylic acids is 1. The number of carboxylic acids is 1. The first-order valence-electron chi connectivity index (χ1n) is 9.16. The summed E-state index contributed by atoms with van der Waals surface area (Å²) in [7, 11) is 1.55. The molecule has 0 aliphatic heterocycles. The average Bonchev–Trinajstić information content (AvgIpc) is 2.63. The Morgan fingerprint density at radius 3 is 2.29 bits per heavy atom. The van der Waals surface area contributed by atoms with Crippen LogP contribution in [-0.2, 0) is 10.2 Å². The molecule has 0 saturated carbocycles. The minimum absolute atomic E-state index is 0.00753. The van der Waals surface area contributed by atoms with Crippen LogP contribution in [0.1, 0.15) is 37.5 Å². The summed E-state index contributed by atoms with van der Waals surface area (Å²) < 4.78 is 17.1. The van der Waals surface area contributed by atoms with Crippen LogP contribution in [0.25, 0.3) is 6.08 Å². The third-order valence-electron chi connectivity index (χ3n) is 4.15. The number of methoxy groups -OCH3 is 1. The van der Waals surface area contributed by atoms with Crippen LogP contribution < -0.4 is 14.2 Å². The van der Waals surface area contributed by atoms with E-state index in [2.05, 4.69) is 32.9 Å². The van der Waals surface area contributed by atoms with Gasteiger partial charge in [-0.1, -0.05) is 39.0 Å². The van der Waals surface area contributed by atoms with E-state index >= 15 is 0 Å². The minimum Gasteiger partial charge on any atom is -0.493 e. The maximum Gasteiger partial charge on any atom is 0.328 e. The van der Waals surface area contributed by atoms with E-state index < -0.39 is 5.97 Å². The predicted octanol–water partition coefficient (Wildman–Crippen LogP) is 4.86. The zero-order valence-corrected chi connectivity index (χ0v) is 17.1. The summed E-state index contributed by atoms with van der Waals surface area (Å²) in [6.45, 7) is 9.28. The van der Waals surface area contributed by atoms with E-state index in [9.17, 15) is 4.79 Å². The quantitative estimate of drug-likeness (QED) is 0.520. The highest BCUT2D eigenvalue weighted by Gasteiger charge is 2.19. The van der Waals surface area contributed by atoms with E-state index in [1.165, 1.54) is 6.08 Å². The molecular weight excluding hydrogens is 356 g/mol. The Labute approximate surface area is 166 Å². The van der Waals surface area contributed by atoms with Gasteiger partial charge in [0.05, 0.1) is 7.11 Å². The number of ether oxygens (including phenoxy) is 3. The van der Waals surface area contributed by atoms with Crippen molar-refractivity contribution in [2.24, 2.45) is 0 Å².